The number of carbonyl (C=O) groups is 4. The molecule has 0 unspecified atom stereocenters. The van der Waals surface area contributed by atoms with Crippen molar-refractivity contribution in [2.45, 2.75) is 64.5 Å². The van der Waals surface area contributed by atoms with Crippen molar-refractivity contribution in [1.82, 2.24) is 9.80 Å². The van der Waals surface area contributed by atoms with Crippen molar-refractivity contribution in [2.75, 3.05) is 6.54 Å². The summed E-state index contributed by atoms with van der Waals surface area (Å²) in [5.41, 5.74) is 1.34. The van der Waals surface area contributed by atoms with Crippen LogP contribution in [0, 0.1) is 5.92 Å². The van der Waals surface area contributed by atoms with Crippen LogP contribution in [0.2, 0.25) is 19.6 Å². The molecule has 2 saturated heterocycles. The average Bonchev–Trinajstić information content (AvgIpc) is 3.02. The summed E-state index contributed by atoms with van der Waals surface area (Å²) in [6, 6.07) is 6.76. The van der Waals surface area contributed by atoms with Crippen LogP contribution in [0.1, 0.15) is 42.1 Å². The predicted molar refractivity (Wildman–Crippen MR) is 123 cm³/mol. The van der Waals surface area contributed by atoms with Gasteiger partial charge in [-0.15, -0.1) is 6.58 Å². The van der Waals surface area contributed by atoms with Gasteiger partial charge < -0.3 is 9.33 Å². The molecule has 2 heterocycles. The normalized spacial score (nSPS) is 22.2. The van der Waals surface area contributed by atoms with Gasteiger partial charge in [-0.1, -0.05) is 30.3 Å². The van der Waals surface area contributed by atoms with Crippen LogP contribution in [0.15, 0.2) is 36.9 Å². The molecule has 32 heavy (non-hydrogen) atoms. The number of β-lactam (4-membered cyclic amide) rings is 1. The molecule has 0 spiro atoms. The quantitative estimate of drug-likeness (QED) is 0.178. The Morgan fingerprint density at radius 2 is 1.75 bits per heavy atom. The molecule has 172 valence electrons. The fourth-order valence-electron chi connectivity index (χ4n) is 4.46. The second-order valence-electron chi connectivity index (χ2n) is 9.51. The topological polar surface area (TPSA) is 84.0 Å². The first-order valence-electron chi connectivity index (χ1n) is 11.1. The summed E-state index contributed by atoms with van der Waals surface area (Å²) in [4.78, 5) is 52.3. The van der Waals surface area contributed by atoms with E-state index in [0.717, 1.165) is 5.56 Å². The molecule has 7 nitrogen and oxygen atoms in total. The molecule has 2 aliphatic rings. The molecule has 0 bridgehead atoms. The first-order chi connectivity index (χ1) is 15.0. The zero-order chi connectivity index (χ0) is 23.6. The predicted octanol–water partition coefficient (Wildman–Crippen LogP) is 3.16. The average molecular weight is 457 g/mol. The number of benzene rings is 1. The first-order valence-corrected chi connectivity index (χ1v) is 14.5. The summed E-state index contributed by atoms with van der Waals surface area (Å²) in [7, 11) is -1.83. The Hall–Kier alpha value is -2.58. The Labute approximate surface area is 190 Å². The van der Waals surface area contributed by atoms with Crippen molar-refractivity contribution in [2.24, 2.45) is 5.92 Å². The first kappa shape index (κ1) is 24.1. The highest BCUT2D eigenvalue weighted by molar-refractivity contribution is 6.69. The van der Waals surface area contributed by atoms with Gasteiger partial charge in [0.15, 0.2) is 14.1 Å². The van der Waals surface area contributed by atoms with E-state index < -0.39 is 8.32 Å². The van der Waals surface area contributed by atoms with E-state index in [1.807, 2.05) is 6.92 Å². The Morgan fingerprint density at radius 3 is 2.28 bits per heavy atom. The largest absolute Gasteiger partial charge is 0.414 e. The van der Waals surface area contributed by atoms with E-state index in [-0.39, 0.29) is 67.4 Å². The standard InChI is InChI=1S/C24H32N2O5Si/c1-6-13-25-19(23(24(25)30)16(2)31-32(3,4)5)14-20(27)18-9-7-17(8-10-18)15-26-21(28)11-12-22(26)29/h6-10,16,19,23H,1,11-15H2,2-5H3/t16-,19-,23-/m1/s1. The molecule has 1 aromatic carbocycles. The minimum Gasteiger partial charge on any atom is -0.414 e. The highest BCUT2D eigenvalue weighted by atomic mass is 28.4. The molecule has 8 heteroatoms. The smallest absolute Gasteiger partial charge is 0.230 e. The molecule has 0 saturated carbocycles. The number of ketones is 1. The Bertz CT molecular complexity index is 905. The molecular formula is C24H32N2O5Si. The maximum Gasteiger partial charge on any atom is 0.230 e. The van der Waals surface area contributed by atoms with E-state index in [1.54, 1.807) is 35.2 Å². The van der Waals surface area contributed by atoms with Crippen molar-refractivity contribution in [3.05, 3.63) is 48.0 Å². The Morgan fingerprint density at radius 1 is 1.16 bits per heavy atom. The molecular weight excluding hydrogens is 424 g/mol. The molecule has 1 aromatic rings. The summed E-state index contributed by atoms with van der Waals surface area (Å²) in [6.07, 6.45) is 2.17. The maximum atomic E-state index is 13.0. The SMILES string of the molecule is C=CCN1C(=O)[C@H]([C@@H](C)O[Si](C)(C)C)[C@H]1CC(=O)c1ccc(CN2C(=O)CCC2=O)cc1. The van der Waals surface area contributed by atoms with Gasteiger partial charge in [-0.05, 0) is 32.1 Å². The monoisotopic (exact) mass is 456 g/mol. The number of Topliss-reactive ketones (excluding diaryl/α,β-unsaturated/α-hetero) is 1. The Kier molecular flexibility index (Phi) is 7.15. The number of likely N-dealkylation sites (tertiary alicyclic amines) is 2. The van der Waals surface area contributed by atoms with E-state index in [1.165, 1.54) is 4.90 Å². The lowest BCUT2D eigenvalue weighted by molar-refractivity contribution is -0.161. The van der Waals surface area contributed by atoms with Crippen LogP contribution < -0.4 is 0 Å². The summed E-state index contributed by atoms with van der Waals surface area (Å²) < 4.78 is 6.15. The van der Waals surface area contributed by atoms with E-state index in [9.17, 15) is 19.2 Å². The molecule has 2 aliphatic heterocycles. The molecule has 0 radical (unpaired) electrons. The summed E-state index contributed by atoms with van der Waals surface area (Å²) in [6.45, 7) is 12.5. The highest BCUT2D eigenvalue weighted by Gasteiger charge is 2.50. The van der Waals surface area contributed by atoms with E-state index in [4.69, 9.17) is 4.43 Å². The zero-order valence-corrected chi connectivity index (χ0v) is 20.3. The fraction of sp³-hybridized carbons (Fsp3) is 0.500. The van der Waals surface area contributed by atoms with E-state index >= 15 is 0 Å². The minimum absolute atomic E-state index is 0.00347. The van der Waals surface area contributed by atoms with Gasteiger partial charge in [-0.2, -0.15) is 0 Å². The van der Waals surface area contributed by atoms with Crippen molar-refractivity contribution < 1.29 is 23.6 Å². The van der Waals surface area contributed by atoms with Crippen LogP contribution in [0.5, 0.6) is 0 Å². The number of hydrogen-bond acceptors (Lipinski definition) is 5. The minimum atomic E-state index is -1.83. The van der Waals surface area contributed by atoms with Gasteiger partial charge in [0.1, 0.15) is 0 Å². The number of hydrogen-bond donors (Lipinski definition) is 0. The third-order valence-electron chi connectivity index (χ3n) is 5.92. The number of rotatable bonds is 10. The van der Waals surface area contributed by atoms with Crippen LogP contribution >= 0.6 is 0 Å². The number of nitrogens with zero attached hydrogens (tertiary/aromatic N) is 2. The second-order valence-corrected chi connectivity index (χ2v) is 14.0. The van der Waals surface area contributed by atoms with Crippen LogP contribution in [-0.4, -0.2) is 60.3 Å². The highest BCUT2D eigenvalue weighted by Crippen LogP contribution is 2.35. The lowest BCUT2D eigenvalue weighted by atomic mass is 9.79. The molecule has 0 N–H and O–H groups in total. The third kappa shape index (κ3) is 5.24. The van der Waals surface area contributed by atoms with Gasteiger partial charge in [0, 0.05) is 31.4 Å². The van der Waals surface area contributed by atoms with Crippen LogP contribution in [0.25, 0.3) is 0 Å². The molecule has 3 rings (SSSR count). The number of amides is 3. The van der Waals surface area contributed by atoms with Gasteiger partial charge in [0.25, 0.3) is 0 Å². The second kappa shape index (κ2) is 9.50. The van der Waals surface area contributed by atoms with Gasteiger partial charge in [-0.3, -0.25) is 24.1 Å². The maximum absolute atomic E-state index is 13.0. The molecule has 0 aromatic heterocycles. The summed E-state index contributed by atoms with van der Waals surface area (Å²) >= 11 is 0. The van der Waals surface area contributed by atoms with E-state index in [0.29, 0.717) is 12.1 Å². The lowest BCUT2D eigenvalue weighted by Crippen LogP contribution is -2.65. The zero-order valence-electron chi connectivity index (χ0n) is 19.3. The van der Waals surface area contributed by atoms with Crippen LogP contribution in [0.4, 0.5) is 0 Å². The molecule has 2 fully saturated rings. The van der Waals surface area contributed by atoms with Crippen molar-refractivity contribution in [1.29, 1.82) is 0 Å². The molecule has 0 aliphatic carbocycles. The van der Waals surface area contributed by atoms with Crippen molar-refractivity contribution in [3.63, 3.8) is 0 Å². The summed E-state index contributed by atoms with van der Waals surface area (Å²) in [5.74, 6) is -0.705. The lowest BCUT2D eigenvalue weighted by Gasteiger charge is -2.49. The van der Waals surface area contributed by atoms with Gasteiger partial charge in [0.05, 0.1) is 24.6 Å². The van der Waals surface area contributed by atoms with E-state index in [2.05, 4.69) is 26.2 Å². The Balaban J connectivity index is 1.68. The number of imide groups is 1. The fourth-order valence-corrected chi connectivity index (χ4v) is 5.73. The van der Waals surface area contributed by atoms with Crippen molar-refractivity contribution >= 4 is 31.8 Å². The molecule has 3 amide bonds. The van der Waals surface area contributed by atoms with Crippen molar-refractivity contribution in [3.8, 4) is 0 Å². The number of carbonyl (C=O) groups excluding carboxylic acids is 4. The summed E-state index contributed by atoms with van der Waals surface area (Å²) in [5, 5.41) is 0. The third-order valence-corrected chi connectivity index (χ3v) is 7.00. The van der Waals surface area contributed by atoms with Gasteiger partial charge in [0.2, 0.25) is 17.7 Å². The van der Waals surface area contributed by atoms with Crippen LogP contribution in [0.3, 0.4) is 0 Å². The van der Waals surface area contributed by atoms with Gasteiger partial charge in [-0.25, -0.2) is 0 Å². The van der Waals surface area contributed by atoms with Crippen LogP contribution in [-0.2, 0) is 25.4 Å². The molecule has 3 atom stereocenters. The van der Waals surface area contributed by atoms with Gasteiger partial charge >= 0.3 is 0 Å².